The van der Waals surface area contributed by atoms with Crippen LogP contribution in [0.3, 0.4) is 0 Å². The molecule has 2 aromatic rings. The van der Waals surface area contributed by atoms with E-state index in [-0.39, 0.29) is 24.3 Å². The lowest BCUT2D eigenvalue weighted by molar-refractivity contribution is -0.129. The molecule has 4 N–H and O–H groups in total. The van der Waals surface area contributed by atoms with Gasteiger partial charge in [0.15, 0.2) is 0 Å². The van der Waals surface area contributed by atoms with Gasteiger partial charge in [-0.25, -0.2) is 0 Å². The normalized spacial score (nSPS) is 16.1. The summed E-state index contributed by atoms with van der Waals surface area (Å²) in [5.74, 6) is 0.975. The second-order valence-electron chi connectivity index (χ2n) is 10.2. The number of nitrogens with one attached hydrogen (secondary N) is 1. The number of hydrogen-bond donors (Lipinski definition) is 4. The molecular weight excluding hydrogens is 440 g/mol. The second-order valence-corrected chi connectivity index (χ2v) is 10.2. The van der Waals surface area contributed by atoms with E-state index in [1.165, 1.54) is 38.2 Å². The van der Waals surface area contributed by atoms with E-state index >= 15 is 0 Å². The highest BCUT2D eigenvalue weighted by Crippen LogP contribution is 2.26. The van der Waals surface area contributed by atoms with Gasteiger partial charge in [0.05, 0.1) is 19.1 Å². The van der Waals surface area contributed by atoms with Crippen molar-refractivity contribution in [2.45, 2.75) is 77.0 Å². The predicted molar refractivity (Wildman–Crippen MR) is 139 cm³/mol. The molecule has 0 bridgehead atoms. The summed E-state index contributed by atoms with van der Waals surface area (Å²) in [6.07, 6.45) is 8.23. The van der Waals surface area contributed by atoms with E-state index in [2.05, 4.69) is 24.4 Å². The van der Waals surface area contributed by atoms with Crippen LogP contribution in [0.15, 0.2) is 42.5 Å². The number of carbonyl (C=O) groups is 1. The summed E-state index contributed by atoms with van der Waals surface area (Å²) in [6, 6.07) is 13.1. The summed E-state index contributed by atoms with van der Waals surface area (Å²) in [4.78, 5) is 14.6. The highest BCUT2D eigenvalue weighted by atomic mass is 16.3. The fourth-order valence-electron chi connectivity index (χ4n) is 4.95. The fraction of sp³-hybridized carbons (Fsp3) is 0.552. The van der Waals surface area contributed by atoms with E-state index in [0.717, 1.165) is 36.4 Å². The van der Waals surface area contributed by atoms with E-state index in [4.69, 9.17) is 0 Å². The third-order valence-corrected chi connectivity index (χ3v) is 7.23. The van der Waals surface area contributed by atoms with Gasteiger partial charge in [0.25, 0.3) is 0 Å². The molecule has 0 spiro atoms. The van der Waals surface area contributed by atoms with E-state index in [0.29, 0.717) is 24.1 Å². The molecule has 0 aliphatic heterocycles. The molecule has 0 unspecified atom stereocenters. The van der Waals surface area contributed by atoms with Crippen molar-refractivity contribution in [3.8, 4) is 5.75 Å². The Bertz CT molecular complexity index is 942. The summed E-state index contributed by atoms with van der Waals surface area (Å²) in [5.41, 5.74) is 3.24. The summed E-state index contributed by atoms with van der Waals surface area (Å²) in [5, 5.41) is 32.9. The lowest BCUT2D eigenvalue weighted by Crippen LogP contribution is -2.32. The van der Waals surface area contributed by atoms with Crippen molar-refractivity contribution in [2.24, 2.45) is 5.92 Å². The summed E-state index contributed by atoms with van der Waals surface area (Å²) < 4.78 is 0. The van der Waals surface area contributed by atoms with Crippen molar-refractivity contribution >= 4 is 5.91 Å². The monoisotopic (exact) mass is 482 g/mol. The van der Waals surface area contributed by atoms with Crippen LogP contribution in [0.2, 0.25) is 0 Å². The number of rotatable bonds is 12. The minimum atomic E-state index is -0.739. The molecule has 1 fully saturated rings. The van der Waals surface area contributed by atoms with Crippen molar-refractivity contribution in [3.63, 3.8) is 0 Å². The van der Waals surface area contributed by atoms with Gasteiger partial charge in [-0.15, -0.1) is 0 Å². The Morgan fingerprint density at radius 1 is 1.11 bits per heavy atom. The molecule has 6 nitrogen and oxygen atoms in total. The maximum atomic E-state index is 12.8. The Kier molecular flexibility index (Phi) is 10.6. The quantitative estimate of drug-likeness (QED) is 0.365. The summed E-state index contributed by atoms with van der Waals surface area (Å²) >= 11 is 0. The van der Waals surface area contributed by atoms with Crippen molar-refractivity contribution < 1.29 is 20.1 Å². The zero-order valence-corrected chi connectivity index (χ0v) is 21.2. The molecule has 0 saturated heterocycles. The number of phenols is 1. The Hall–Kier alpha value is -2.41. The van der Waals surface area contributed by atoms with Crippen LogP contribution in [-0.4, -0.2) is 52.3 Å². The van der Waals surface area contributed by atoms with Gasteiger partial charge in [-0.05, 0) is 54.5 Å². The standard InChI is InChI=1S/C29H42N2O4/c1-21(30-19-28(34)25-11-12-27(33)26(18-25)20-32)15-23-9-6-10-24(16-23)17-29(35)31(2)14-13-22-7-4-3-5-8-22/h6,9-12,16,18,21-22,28,30,32-34H,3-5,7-8,13-15,17,19-20H2,1-2H3/t21-,28+/m1/s1. The number of aliphatic hydroxyl groups is 2. The molecule has 0 aromatic heterocycles. The van der Waals surface area contributed by atoms with Crippen LogP contribution in [-0.2, 0) is 24.2 Å². The molecule has 192 valence electrons. The largest absolute Gasteiger partial charge is 0.508 e. The van der Waals surface area contributed by atoms with E-state index in [1.54, 1.807) is 12.1 Å². The van der Waals surface area contributed by atoms with Gasteiger partial charge < -0.3 is 25.5 Å². The Morgan fingerprint density at radius 3 is 2.60 bits per heavy atom. The third-order valence-electron chi connectivity index (χ3n) is 7.23. The molecule has 0 radical (unpaired) electrons. The van der Waals surface area contributed by atoms with Crippen molar-refractivity contribution in [3.05, 3.63) is 64.7 Å². The van der Waals surface area contributed by atoms with Crippen molar-refractivity contribution in [1.29, 1.82) is 0 Å². The van der Waals surface area contributed by atoms with Gasteiger partial charge >= 0.3 is 0 Å². The first kappa shape index (κ1) is 27.2. The molecular formula is C29H42N2O4. The molecule has 0 heterocycles. The first-order valence-corrected chi connectivity index (χ1v) is 13.0. The topological polar surface area (TPSA) is 93.0 Å². The van der Waals surface area contributed by atoms with Gasteiger partial charge in [-0.2, -0.15) is 0 Å². The summed E-state index contributed by atoms with van der Waals surface area (Å²) in [6.45, 7) is 3.00. The number of amides is 1. The van der Waals surface area contributed by atoms with E-state index in [9.17, 15) is 20.1 Å². The van der Waals surface area contributed by atoms with Crippen LogP contribution in [0.25, 0.3) is 0 Å². The Morgan fingerprint density at radius 2 is 1.86 bits per heavy atom. The molecule has 1 amide bonds. The maximum absolute atomic E-state index is 12.8. The molecule has 3 rings (SSSR count). The minimum Gasteiger partial charge on any atom is -0.508 e. The minimum absolute atomic E-state index is 0.0264. The van der Waals surface area contributed by atoms with Gasteiger partial charge in [0.2, 0.25) is 5.91 Å². The number of benzene rings is 2. The first-order valence-electron chi connectivity index (χ1n) is 13.0. The smallest absolute Gasteiger partial charge is 0.226 e. The van der Waals surface area contributed by atoms with Crippen LogP contribution in [0.4, 0.5) is 0 Å². The molecule has 1 aliphatic rings. The zero-order chi connectivity index (χ0) is 25.2. The zero-order valence-electron chi connectivity index (χ0n) is 21.2. The van der Waals surface area contributed by atoms with Crippen LogP contribution >= 0.6 is 0 Å². The molecule has 35 heavy (non-hydrogen) atoms. The SMILES string of the molecule is C[C@H](Cc1cccc(CC(=O)N(C)CCC2CCCCC2)c1)NC[C@H](O)c1ccc(O)c(CO)c1. The average Bonchev–Trinajstić information content (AvgIpc) is 2.87. The van der Waals surface area contributed by atoms with Gasteiger partial charge in [0, 0.05) is 31.7 Å². The Balaban J connectivity index is 1.45. The van der Waals surface area contributed by atoms with Crippen molar-refractivity contribution in [1.82, 2.24) is 10.2 Å². The highest BCUT2D eigenvalue weighted by Gasteiger charge is 2.17. The average molecular weight is 483 g/mol. The lowest BCUT2D eigenvalue weighted by atomic mass is 9.87. The second kappa shape index (κ2) is 13.6. The number of aromatic hydroxyl groups is 1. The van der Waals surface area contributed by atoms with Crippen LogP contribution < -0.4 is 5.32 Å². The number of hydrogen-bond acceptors (Lipinski definition) is 5. The van der Waals surface area contributed by atoms with Gasteiger partial charge in [0.1, 0.15) is 5.75 Å². The molecule has 2 aromatic carbocycles. The van der Waals surface area contributed by atoms with Gasteiger partial charge in [-0.1, -0.05) is 62.4 Å². The molecule has 1 saturated carbocycles. The number of aliphatic hydroxyl groups excluding tert-OH is 2. The highest BCUT2D eigenvalue weighted by molar-refractivity contribution is 5.78. The molecule has 1 aliphatic carbocycles. The fourth-order valence-corrected chi connectivity index (χ4v) is 4.95. The Labute approximate surface area is 210 Å². The van der Waals surface area contributed by atoms with Crippen molar-refractivity contribution in [2.75, 3.05) is 20.1 Å². The number of carbonyl (C=O) groups excluding carboxylic acids is 1. The van der Waals surface area contributed by atoms with E-state index in [1.807, 2.05) is 24.1 Å². The number of likely N-dealkylation sites (N-methyl/N-ethyl adjacent to an activating group) is 1. The third kappa shape index (κ3) is 8.64. The van der Waals surface area contributed by atoms with Crippen LogP contribution in [0.1, 0.15) is 73.8 Å². The molecule has 6 heteroatoms. The summed E-state index contributed by atoms with van der Waals surface area (Å²) in [7, 11) is 1.92. The van der Waals surface area contributed by atoms with Gasteiger partial charge in [-0.3, -0.25) is 4.79 Å². The first-order chi connectivity index (χ1) is 16.9. The maximum Gasteiger partial charge on any atom is 0.226 e. The van der Waals surface area contributed by atoms with Crippen LogP contribution in [0.5, 0.6) is 5.75 Å². The lowest BCUT2D eigenvalue weighted by Gasteiger charge is -2.24. The predicted octanol–water partition coefficient (Wildman–Crippen LogP) is 4.11. The van der Waals surface area contributed by atoms with E-state index < -0.39 is 6.10 Å². The number of nitrogens with zero attached hydrogens (tertiary/aromatic N) is 1. The molecule has 2 atom stereocenters. The van der Waals surface area contributed by atoms with Crippen LogP contribution in [0, 0.1) is 5.92 Å².